The third kappa shape index (κ3) is 2.16. The molecule has 4 heteroatoms. The van der Waals surface area contributed by atoms with Crippen LogP contribution in [0.2, 0.25) is 0 Å². The maximum absolute atomic E-state index is 11.9. The Hall–Kier alpha value is -0.610. The van der Waals surface area contributed by atoms with Gasteiger partial charge >= 0.3 is 0 Å². The quantitative estimate of drug-likeness (QED) is 0.661. The highest BCUT2D eigenvalue weighted by Gasteiger charge is 2.33. The number of carbonyl (C=O) groups is 1. The Bertz CT molecular complexity index is 245. The Morgan fingerprint density at radius 3 is 2.93 bits per heavy atom. The van der Waals surface area contributed by atoms with Crippen LogP contribution in [0.4, 0.5) is 0 Å². The summed E-state index contributed by atoms with van der Waals surface area (Å²) in [6.07, 6.45) is 2.23. The molecule has 86 valence electrons. The molecule has 2 unspecified atom stereocenters. The highest BCUT2D eigenvalue weighted by molar-refractivity contribution is 5.80. The van der Waals surface area contributed by atoms with E-state index in [1.54, 1.807) is 7.11 Å². The van der Waals surface area contributed by atoms with Crippen LogP contribution in [0.3, 0.4) is 0 Å². The lowest BCUT2D eigenvalue weighted by Gasteiger charge is -2.38. The minimum absolute atomic E-state index is 0.143. The first kappa shape index (κ1) is 10.9. The van der Waals surface area contributed by atoms with Crippen molar-refractivity contribution in [1.82, 2.24) is 9.80 Å². The van der Waals surface area contributed by atoms with Gasteiger partial charge in [0.05, 0.1) is 0 Å². The van der Waals surface area contributed by atoms with Gasteiger partial charge in [0.15, 0.2) is 0 Å². The SMILES string of the molecule is COC(C)C(=O)N1CCN2CCCC2C1. The predicted molar refractivity (Wildman–Crippen MR) is 57.6 cm³/mol. The van der Waals surface area contributed by atoms with Crippen LogP contribution in [-0.2, 0) is 9.53 Å². The molecule has 2 atom stereocenters. The van der Waals surface area contributed by atoms with Gasteiger partial charge in [0.2, 0.25) is 0 Å². The molecule has 0 aromatic heterocycles. The standard InChI is InChI=1S/C11H20N2O2/c1-9(15-2)11(14)13-7-6-12-5-3-4-10(12)8-13/h9-10H,3-8H2,1-2H3. The van der Waals surface area contributed by atoms with Crippen LogP contribution >= 0.6 is 0 Å². The molecule has 0 bridgehead atoms. The lowest BCUT2D eigenvalue weighted by Crippen LogP contribution is -2.54. The molecular formula is C11H20N2O2. The fraction of sp³-hybridized carbons (Fsp3) is 0.909. The van der Waals surface area contributed by atoms with E-state index in [1.165, 1.54) is 19.4 Å². The summed E-state index contributed by atoms with van der Waals surface area (Å²) in [6.45, 7) is 5.83. The summed E-state index contributed by atoms with van der Waals surface area (Å²) in [5.74, 6) is 0.143. The second-order valence-corrected chi connectivity index (χ2v) is 4.49. The third-order valence-electron chi connectivity index (χ3n) is 3.60. The van der Waals surface area contributed by atoms with Gasteiger partial charge in [0.1, 0.15) is 6.10 Å². The minimum atomic E-state index is -0.294. The molecule has 0 aliphatic carbocycles. The summed E-state index contributed by atoms with van der Waals surface area (Å²) >= 11 is 0. The van der Waals surface area contributed by atoms with Crippen molar-refractivity contribution in [3.63, 3.8) is 0 Å². The van der Waals surface area contributed by atoms with Crippen molar-refractivity contribution < 1.29 is 9.53 Å². The number of hydrogen-bond donors (Lipinski definition) is 0. The van der Waals surface area contributed by atoms with Gasteiger partial charge in [-0.2, -0.15) is 0 Å². The first-order valence-electron chi connectivity index (χ1n) is 5.78. The fourth-order valence-corrected chi connectivity index (χ4v) is 2.55. The second-order valence-electron chi connectivity index (χ2n) is 4.49. The fourth-order valence-electron chi connectivity index (χ4n) is 2.55. The van der Waals surface area contributed by atoms with Crippen molar-refractivity contribution in [3.05, 3.63) is 0 Å². The maximum atomic E-state index is 11.9. The molecule has 2 aliphatic rings. The average molecular weight is 212 g/mol. The Balaban J connectivity index is 1.92. The van der Waals surface area contributed by atoms with Gasteiger partial charge in [0, 0.05) is 32.8 Å². The number of rotatable bonds is 2. The van der Waals surface area contributed by atoms with Crippen molar-refractivity contribution in [2.45, 2.75) is 31.9 Å². The summed E-state index contributed by atoms with van der Waals surface area (Å²) in [4.78, 5) is 16.4. The van der Waals surface area contributed by atoms with Gasteiger partial charge in [0.25, 0.3) is 5.91 Å². The molecular weight excluding hydrogens is 192 g/mol. The van der Waals surface area contributed by atoms with Gasteiger partial charge in [-0.15, -0.1) is 0 Å². The number of fused-ring (bicyclic) bond motifs is 1. The summed E-state index contributed by atoms with van der Waals surface area (Å²) < 4.78 is 5.07. The van der Waals surface area contributed by atoms with Crippen LogP contribution in [-0.4, -0.2) is 61.1 Å². The molecule has 4 nitrogen and oxygen atoms in total. The van der Waals surface area contributed by atoms with Crippen molar-refractivity contribution in [1.29, 1.82) is 0 Å². The number of carbonyl (C=O) groups excluding carboxylic acids is 1. The van der Waals surface area contributed by atoms with Gasteiger partial charge in [-0.1, -0.05) is 0 Å². The normalized spacial score (nSPS) is 28.9. The number of piperazine rings is 1. The highest BCUT2D eigenvalue weighted by atomic mass is 16.5. The first-order chi connectivity index (χ1) is 7.22. The lowest BCUT2D eigenvalue weighted by molar-refractivity contribution is -0.143. The Morgan fingerprint density at radius 1 is 1.40 bits per heavy atom. The molecule has 2 saturated heterocycles. The lowest BCUT2D eigenvalue weighted by atomic mass is 10.1. The molecule has 0 N–H and O–H groups in total. The predicted octanol–water partition coefficient (Wildman–Crippen LogP) is 0.328. The van der Waals surface area contributed by atoms with Gasteiger partial charge in [-0.05, 0) is 26.3 Å². The molecule has 2 fully saturated rings. The zero-order valence-electron chi connectivity index (χ0n) is 9.61. The van der Waals surface area contributed by atoms with E-state index in [4.69, 9.17) is 4.74 Å². The van der Waals surface area contributed by atoms with Crippen LogP contribution in [0, 0.1) is 0 Å². The molecule has 0 aromatic carbocycles. The molecule has 2 heterocycles. The van der Waals surface area contributed by atoms with Crippen molar-refractivity contribution >= 4 is 5.91 Å². The van der Waals surface area contributed by atoms with Crippen LogP contribution in [0.25, 0.3) is 0 Å². The van der Waals surface area contributed by atoms with E-state index in [0.717, 1.165) is 19.6 Å². The molecule has 1 amide bonds. The average Bonchev–Trinajstić information content (AvgIpc) is 2.73. The molecule has 0 saturated carbocycles. The zero-order valence-corrected chi connectivity index (χ0v) is 9.61. The van der Waals surface area contributed by atoms with Gasteiger partial charge < -0.3 is 9.64 Å². The topological polar surface area (TPSA) is 32.8 Å². The first-order valence-corrected chi connectivity index (χ1v) is 5.78. The highest BCUT2D eigenvalue weighted by Crippen LogP contribution is 2.21. The number of methoxy groups -OCH3 is 1. The van der Waals surface area contributed by atoms with Crippen LogP contribution < -0.4 is 0 Å². The summed E-state index contributed by atoms with van der Waals surface area (Å²) in [6, 6.07) is 0.603. The summed E-state index contributed by atoms with van der Waals surface area (Å²) in [7, 11) is 1.59. The van der Waals surface area contributed by atoms with Gasteiger partial charge in [-0.25, -0.2) is 0 Å². The van der Waals surface area contributed by atoms with Gasteiger partial charge in [-0.3, -0.25) is 9.69 Å². The van der Waals surface area contributed by atoms with Crippen molar-refractivity contribution in [2.75, 3.05) is 33.3 Å². The summed E-state index contributed by atoms with van der Waals surface area (Å²) in [5.41, 5.74) is 0. The minimum Gasteiger partial charge on any atom is -0.372 e. The van der Waals surface area contributed by atoms with Crippen molar-refractivity contribution in [3.8, 4) is 0 Å². The molecule has 2 rings (SSSR count). The van der Waals surface area contributed by atoms with Crippen LogP contribution in [0.15, 0.2) is 0 Å². The number of nitrogens with zero attached hydrogens (tertiary/aromatic N) is 2. The van der Waals surface area contributed by atoms with E-state index in [2.05, 4.69) is 4.90 Å². The number of amides is 1. The molecule has 0 radical (unpaired) electrons. The Kier molecular flexibility index (Phi) is 3.26. The monoisotopic (exact) mass is 212 g/mol. The van der Waals surface area contributed by atoms with Crippen molar-refractivity contribution in [2.24, 2.45) is 0 Å². The molecule has 0 spiro atoms. The number of hydrogen-bond acceptors (Lipinski definition) is 3. The third-order valence-corrected chi connectivity index (χ3v) is 3.60. The summed E-state index contributed by atoms with van der Waals surface area (Å²) in [5, 5.41) is 0. The Morgan fingerprint density at radius 2 is 2.20 bits per heavy atom. The second kappa shape index (κ2) is 4.49. The van der Waals surface area contributed by atoms with Crippen LogP contribution in [0.1, 0.15) is 19.8 Å². The molecule has 15 heavy (non-hydrogen) atoms. The smallest absolute Gasteiger partial charge is 0.251 e. The van der Waals surface area contributed by atoms with Crippen LogP contribution in [0.5, 0.6) is 0 Å². The Labute approximate surface area is 91.2 Å². The van der Waals surface area contributed by atoms with E-state index in [1.807, 2.05) is 11.8 Å². The van der Waals surface area contributed by atoms with E-state index < -0.39 is 0 Å². The largest absolute Gasteiger partial charge is 0.372 e. The van der Waals surface area contributed by atoms with E-state index in [9.17, 15) is 4.79 Å². The van der Waals surface area contributed by atoms with E-state index in [0.29, 0.717) is 6.04 Å². The molecule has 0 aromatic rings. The maximum Gasteiger partial charge on any atom is 0.251 e. The van der Waals surface area contributed by atoms with E-state index in [-0.39, 0.29) is 12.0 Å². The number of ether oxygens (including phenoxy) is 1. The van der Waals surface area contributed by atoms with E-state index >= 15 is 0 Å². The molecule has 2 aliphatic heterocycles. The zero-order chi connectivity index (χ0) is 10.8.